The number of nitrogens with one attached hydrogen (secondary N) is 1. The Bertz CT molecular complexity index is 1010. The Morgan fingerprint density at radius 1 is 1.07 bits per heavy atom. The maximum Gasteiger partial charge on any atom is 0.269 e. The number of aryl methyl sites for hydroxylation is 3. The molecule has 0 bridgehead atoms. The van der Waals surface area contributed by atoms with Crippen molar-refractivity contribution < 1.29 is 18.0 Å². The van der Waals surface area contributed by atoms with Crippen molar-refractivity contribution in [3.05, 3.63) is 58.7 Å². The van der Waals surface area contributed by atoms with Crippen LogP contribution in [0.2, 0.25) is 0 Å². The van der Waals surface area contributed by atoms with E-state index in [1.165, 1.54) is 12.1 Å². The third-order valence-corrected chi connectivity index (χ3v) is 6.46. The van der Waals surface area contributed by atoms with Gasteiger partial charge in [0.2, 0.25) is 5.91 Å². The van der Waals surface area contributed by atoms with Crippen LogP contribution in [0.3, 0.4) is 0 Å². The summed E-state index contributed by atoms with van der Waals surface area (Å²) in [7, 11) is -3.82. The lowest BCUT2D eigenvalue weighted by molar-refractivity contribution is -0.116. The third-order valence-electron chi connectivity index (χ3n) is 4.62. The van der Waals surface area contributed by atoms with Gasteiger partial charge in [-0.15, -0.1) is 0 Å². The molecule has 0 fully saturated rings. The quantitative estimate of drug-likeness (QED) is 0.855. The highest BCUT2D eigenvalue weighted by molar-refractivity contribution is 7.90. The summed E-state index contributed by atoms with van der Waals surface area (Å²) in [6.07, 6.45) is 0.386. The smallest absolute Gasteiger partial charge is 0.269 e. The van der Waals surface area contributed by atoms with Crippen LogP contribution in [0, 0.1) is 20.8 Å². The molecule has 0 radical (unpaired) electrons. The minimum absolute atomic E-state index is 0.0187. The topological polar surface area (TPSA) is 83.6 Å². The fraction of sp³-hybridized carbons (Fsp3) is 0.300. The molecule has 7 heteroatoms. The van der Waals surface area contributed by atoms with Crippen molar-refractivity contribution >= 4 is 27.5 Å². The number of fused-ring (bicyclic) bond motifs is 1. The predicted octanol–water partition coefficient (Wildman–Crippen LogP) is 3.18. The van der Waals surface area contributed by atoms with Gasteiger partial charge in [0.15, 0.2) is 0 Å². The molecule has 1 N–H and O–H groups in total. The number of anilines is 1. The van der Waals surface area contributed by atoms with Crippen molar-refractivity contribution in [2.24, 2.45) is 0 Å². The lowest BCUT2D eigenvalue weighted by atomic mass is 10.0. The van der Waals surface area contributed by atoms with Gasteiger partial charge < -0.3 is 5.32 Å². The molecule has 0 saturated carbocycles. The van der Waals surface area contributed by atoms with Crippen LogP contribution in [0.5, 0.6) is 0 Å². The molecule has 142 valence electrons. The second-order valence-electron chi connectivity index (χ2n) is 6.80. The average Bonchev–Trinajstić information content (AvgIpc) is 2.79. The van der Waals surface area contributed by atoms with Gasteiger partial charge in [-0.1, -0.05) is 29.8 Å². The van der Waals surface area contributed by atoms with E-state index in [1.807, 2.05) is 32.9 Å². The first-order chi connectivity index (χ1) is 12.7. The summed E-state index contributed by atoms with van der Waals surface area (Å²) in [4.78, 5) is 24.7. The maximum atomic E-state index is 12.5. The molecule has 2 aromatic rings. The summed E-state index contributed by atoms with van der Waals surface area (Å²) in [6.45, 7) is 5.84. The molecular formula is C20H22N2O4S. The molecule has 27 heavy (non-hydrogen) atoms. The molecule has 1 heterocycles. The molecule has 6 nitrogen and oxygen atoms in total. The lowest BCUT2D eigenvalue weighted by Crippen LogP contribution is -2.31. The van der Waals surface area contributed by atoms with Crippen molar-refractivity contribution in [3.63, 3.8) is 0 Å². The number of benzene rings is 2. The molecule has 1 aliphatic heterocycles. The van der Waals surface area contributed by atoms with Gasteiger partial charge in [-0.05, 0) is 50.5 Å². The predicted molar refractivity (Wildman–Crippen MR) is 103 cm³/mol. The van der Waals surface area contributed by atoms with Crippen LogP contribution in [0.4, 0.5) is 5.69 Å². The minimum Gasteiger partial charge on any atom is -0.326 e. The largest absolute Gasteiger partial charge is 0.326 e. The van der Waals surface area contributed by atoms with Gasteiger partial charge in [0, 0.05) is 18.7 Å². The van der Waals surface area contributed by atoms with Gasteiger partial charge in [-0.2, -0.15) is 0 Å². The summed E-state index contributed by atoms with van der Waals surface area (Å²) in [5.41, 5.74) is 4.05. The van der Waals surface area contributed by atoms with Crippen LogP contribution in [-0.2, 0) is 14.8 Å². The molecule has 0 saturated heterocycles. The van der Waals surface area contributed by atoms with E-state index in [9.17, 15) is 18.0 Å². The maximum absolute atomic E-state index is 12.5. The van der Waals surface area contributed by atoms with Gasteiger partial charge in [0.05, 0.1) is 5.56 Å². The number of carbonyl (C=O) groups excluding carboxylic acids is 2. The molecular weight excluding hydrogens is 364 g/mol. The summed E-state index contributed by atoms with van der Waals surface area (Å²) in [6, 6.07) is 10.1. The first kappa shape index (κ1) is 19.1. The van der Waals surface area contributed by atoms with Crippen LogP contribution in [0.1, 0.15) is 39.9 Å². The Kier molecular flexibility index (Phi) is 5.06. The van der Waals surface area contributed by atoms with E-state index >= 15 is 0 Å². The number of rotatable bonds is 5. The molecule has 0 unspecified atom stereocenters. The number of carbonyl (C=O) groups is 2. The van der Waals surface area contributed by atoms with Crippen molar-refractivity contribution in [1.29, 1.82) is 0 Å². The van der Waals surface area contributed by atoms with Crippen LogP contribution in [0.25, 0.3) is 0 Å². The molecule has 1 aliphatic rings. The number of hydrogen-bond acceptors (Lipinski definition) is 4. The molecule has 2 amide bonds. The van der Waals surface area contributed by atoms with Crippen molar-refractivity contribution in [2.75, 3.05) is 11.9 Å². The highest BCUT2D eigenvalue weighted by atomic mass is 32.2. The van der Waals surface area contributed by atoms with Gasteiger partial charge in [-0.25, -0.2) is 12.7 Å². The van der Waals surface area contributed by atoms with E-state index in [2.05, 4.69) is 5.32 Å². The molecule has 0 atom stereocenters. The van der Waals surface area contributed by atoms with Crippen LogP contribution in [0.15, 0.2) is 41.3 Å². The molecule has 0 aliphatic carbocycles. The Balaban J connectivity index is 1.63. The highest BCUT2D eigenvalue weighted by Crippen LogP contribution is 2.30. The van der Waals surface area contributed by atoms with Gasteiger partial charge in [0.1, 0.15) is 4.90 Å². The Hall–Kier alpha value is -2.67. The summed E-state index contributed by atoms with van der Waals surface area (Å²) >= 11 is 0. The van der Waals surface area contributed by atoms with Crippen molar-refractivity contribution in [2.45, 2.75) is 38.5 Å². The van der Waals surface area contributed by atoms with Gasteiger partial charge in [0.25, 0.3) is 15.9 Å². The van der Waals surface area contributed by atoms with Crippen LogP contribution in [-0.4, -0.2) is 31.1 Å². The van der Waals surface area contributed by atoms with E-state index in [0.29, 0.717) is 0 Å². The SMILES string of the molecule is Cc1cc(C)c(NC(=O)CCCN2C(=O)c3ccccc3S2(=O)=O)c(C)c1. The van der Waals surface area contributed by atoms with E-state index in [4.69, 9.17) is 0 Å². The highest BCUT2D eigenvalue weighted by Gasteiger charge is 2.40. The Labute approximate surface area is 159 Å². The standard InChI is InChI=1S/C20H22N2O4S/c1-13-11-14(2)19(15(3)12-13)21-18(23)9-6-10-22-20(24)16-7-4-5-8-17(16)27(22,25)26/h4-5,7-8,11-12H,6,9-10H2,1-3H3,(H,21,23). The summed E-state index contributed by atoms with van der Waals surface area (Å²) < 4.78 is 25.8. The van der Waals surface area contributed by atoms with Gasteiger partial charge in [-0.3, -0.25) is 9.59 Å². The fourth-order valence-electron chi connectivity index (χ4n) is 3.41. The van der Waals surface area contributed by atoms with Crippen molar-refractivity contribution in [1.82, 2.24) is 4.31 Å². The minimum atomic E-state index is -3.82. The summed E-state index contributed by atoms with van der Waals surface area (Å²) in [5, 5.41) is 2.89. The first-order valence-corrected chi connectivity index (χ1v) is 10.2. The number of sulfonamides is 1. The fourth-order valence-corrected chi connectivity index (χ4v) is 5.02. The molecule has 2 aromatic carbocycles. The van der Waals surface area contributed by atoms with E-state index < -0.39 is 15.9 Å². The molecule has 0 spiro atoms. The third kappa shape index (κ3) is 3.60. The zero-order valence-electron chi connectivity index (χ0n) is 15.6. The van der Waals surface area contributed by atoms with E-state index in [1.54, 1.807) is 12.1 Å². The second-order valence-corrected chi connectivity index (χ2v) is 8.63. The van der Waals surface area contributed by atoms with Crippen molar-refractivity contribution in [3.8, 4) is 0 Å². The zero-order valence-corrected chi connectivity index (χ0v) is 16.4. The average molecular weight is 386 g/mol. The van der Waals surface area contributed by atoms with Crippen LogP contribution < -0.4 is 5.32 Å². The molecule has 3 rings (SSSR count). The van der Waals surface area contributed by atoms with E-state index in [-0.39, 0.29) is 35.8 Å². The number of hydrogen-bond donors (Lipinski definition) is 1. The second kappa shape index (κ2) is 7.15. The van der Waals surface area contributed by atoms with Crippen LogP contribution >= 0.6 is 0 Å². The zero-order chi connectivity index (χ0) is 19.8. The molecule has 0 aromatic heterocycles. The lowest BCUT2D eigenvalue weighted by Gasteiger charge is -2.16. The number of nitrogens with zero attached hydrogens (tertiary/aromatic N) is 1. The summed E-state index contributed by atoms with van der Waals surface area (Å²) in [5.74, 6) is -0.733. The van der Waals surface area contributed by atoms with E-state index in [0.717, 1.165) is 26.7 Å². The monoisotopic (exact) mass is 386 g/mol. The normalized spacial score (nSPS) is 14.9. The Morgan fingerprint density at radius 2 is 1.70 bits per heavy atom. The first-order valence-electron chi connectivity index (χ1n) is 8.75. The Morgan fingerprint density at radius 3 is 2.33 bits per heavy atom. The number of amides is 2. The van der Waals surface area contributed by atoms with Gasteiger partial charge >= 0.3 is 0 Å².